The largest absolute Gasteiger partial charge is 0.326 e. The third-order valence-corrected chi connectivity index (χ3v) is 6.48. The standard InChI is InChI=1S/C13H18Cl2N2O2S/c1-9-4-2-3-5-17(9)20(18,19)13-6-10(8-16)11(14)7-12(13)15/h6-7,9H,2-5,8,16H2,1H3. The summed E-state index contributed by atoms with van der Waals surface area (Å²) >= 11 is 12.1. The van der Waals surface area contributed by atoms with Gasteiger partial charge in [0.2, 0.25) is 10.0 Å². The number of benzene rings is 1. The molecule has 1 aromatic carbocycles. The molecule has 0 aliphatic carbocycles. The molecular formula is C13H18Cl2N2O2S. The van der Waals surface area contributed by atoms with Crippen molar-refractivity contribution in [3.63, 3.8) is 0 Å². The zero-order valence-electron chi connectivity index (χ0n) is 11.3. The lowest BCUT2D eigenvalue weighted by atomic mass is 10.1. The zero-order chi connectivity index (χ0) is 14.9. The Hall–Kier alpha value is -0.330. The van der Waals surface area contributed by atoms with Crippen LogP contribution in [0.1, 0.15) is 31.7 Å². The van der Waals surface area contributed by atoms with Crippen molar-refractivity contribution in [1.29, 1.82) is 0 Å². The maximum absolute atomic E-state index is 12.8. The van der Waals surface area contributed by atoms with Crippen LogP contribution in [0, 0.1) is 0 Å². The monoisotopic (exact) mass is 336 g/mol. The molecule has 2 rings (SSSR count). The molecule has 2 N–H and O–H groups in total. The third-order valence-electron chi connectivity index (χ3n) is 3.65. The second-order valence-corrected chi connectivity index (χ2v) is 7.71. The molecule has 1 aliphatic heterocycles. The van der Waals surface area contributed by atoms with Gasteiger partial charge in [-0.3, -0.25) is 0 Å². The van der Waals surface area contributed by atoms with E-state index in [9.17, 15) is 8.42 Å². The van der Waals surface area contributed by atoms with Gasteiger partial charge in [-0.15, -0.1) is 0 Å². The minimum absolute atomic E-state index is 0.0122. The van der Waals surface area contributed by atoms with Gasteiger partial charge in [0, 0.05) is 24.2 Å². The van der Waals surface area contributed by atoms with Crippen LogP contribution >= 0.6 is 23.2 Å². The summed E-state index contributed by atoms with van der Waals surface area (Å²) in [5.41, 5.74) is 6.17. The van der Waals surface area contributed by atoms with Crippen LogP contribution in [0.3, 0.4) is 0 Å². The molecule has 112 valence electrons. The maximum atomic E-state index is 12.8. The second kappa shape index (κ2) is 6.20. The summed E-state index contributed by atoms with van der Waals surface area (Å²) in [4.78, 5) is 0.0952. The topological polar surface area (TPSA) is 63.4 Å². The minimum atomic E-state index is -3.60. The SMILES string of the molecule is CC1CCCCN1S(=O)(=O)c1cc(CN)c(Cl)cc1Cl. The average Bonchev–Trinajstić information content (AvgIpc) is 2.38. The van der Waals surface area contributed by atoms with Gasteiger partial charge in [0.1, 0.15) is 4.90 Å². The lowest BCUT2D eigenvalue weighted by Gasteiger charge is -2.32. The fourth-order valence-corrected chi connectivity index (χ4v) is 5.03. The molecule has 0 bridgehead atoms. The third kappa shape index (κ3) is 2.97. The predicted octanol–water partition coefficient (Wildman–Crippen LogP) is 3.02. The van der Waals surface area contributed by atoms with E-state index in [4.69, 9.17) is 28.9 Å². The molecule has 1 unspecified atom stereocenters. The molecule has 0 spiro atoms. The van der Waals surface area contributed by atoms with Crippen LogP contribution in [-0.2, 0) is 16.6 Å². The Morgan fingerprint density at radius 1 is 1.30 bits per heavy atom. The normalized spacial score (nSPS) is 21.1. The molecule has 0 amide bonds. The molecule has 0 aromatic heterocycles. The number of hydrogen-bond donors (Lipinski definition) is 1. The van der Waals surface area contributed by atoms with E-state index in [2.05, 4.69) is 0 Å². The van der Waals surface area contributed by atoms with Gasteiger partial charge in [0.05, 0.1) is 5.02 Å². The Morgan fingerprint density at radius 3 is 2.60 bits per heavy atom. The molecule has 1 heterocycles. The molecule has 1 atom stereocenters. The van der Waals surface area contributed by atoms with E-state index in [1.165, 1.54) is 16.4 Å². The van der Waals surface area contributed by atoms with Crippen LogP contribution in [0.25, 0.3) is 0 Å². The summed E-state index contributed by atoms with van der Waals surface area (Å²) in [6, 6.07) is 2.93. The summed E-state index contributed by atoms with van der Waals surface area (Å²) in [6.07, 6.45) is 2.79. The quantitative estimate of drug-likeness (QED) is 0.922. The van der Waals surface area contributed by atoms with Gasteiger partial charge in [0.15, 0.2) is 0 Å². The van der Waals surface area contributed by atoms with Gasteiger partial charge in [-0.1, -0.05) is 29.6 Å². The Labute approximate surface area is 129 Å². The average molecular weight is 337 g/mol. The molecule has 1 saturated heterocycles. The highest BCUT2D eigenvalue weighted by Crippen LogP contribution is 2.33. The first-order valence-corrected chi connectivity index (χ1v) is 8.77. The summed E-state index contributed by atoms with van der Waals surface area (Å²) in [5, 5.41) is 0.535. The van der Waals surface area contributed by atoms with Crippen molar-refractivity contribution in [2.24, 2.45) is 5.73 Å². The number of nitrogens with zero attached hydrogens (tertiary/aromatic N) is 1. The highest BCUT2D eigenvalue weighted by atomic mass is 35.5. The number of sulfonamides is 1. The maximum Gasteiger partial charge on any atom is 0.244 e. The van der Waals surface area contributed by atoms with E-state index >= 15 is 0 Å². The van der Waals surface area contributed by atoms with E-state index in [1.54, 1.807) is 0 Å². The first-order chi connectivity index (χ1) is 9.37. The van der Waals surface area contributed by atoms with Gasteiger partial charge in [-0.25, -0.2) is 8.42 Å². The molecule has 1 fully saturated rings. The van der Waals surface area contributed by atoms with Gasteiger partial charge in [-0.2, -0.15) is 4.31 Å². The molecule has 1 aliphatic rings. The number of hydrogen-bond acceptors (Lipinski definition) is 3. The number of halogens is 2. The molecule has 20 heavy (non-hydrogen) atoms. The Morgan fingerprint density at radius 2 is 2.00 bits per heavy atom. The molecule has 1 aromatic rings. The molecule has 0 radical (unpaired) electrons. The minimum Gasteiger partial charge on any atom is -0.326 e. The second-order valence-electron chi connectivity index (χ2n) is 5.04. The predicted molar refractivity (Wildman–Crippen MR) is 81.6 cm³/mol. The van der Waals surface area contributed by atoms with Gasteiger partial charge in [-0.05, 0) is 37.5 Å². The van der Waals surface area contributed by atoms with Crippen molar-refractivity contribution in [2.45, 2.75) is 43.7 Å². The van der Waals surface area contributed by atoms with Crippen LogP contribution in [0.15, 0.2) is 17.0 Å². The lowest BCUT2D eigenvalue weighted by molar-refractivity contribution is 0.268. The van der Waals surface area contributed by atoms with Crippen molar-refractivity contribution in [3.8, 4) is 0 Å². The smallest absolute Gasteiger partial charge is 0.244 e. The number of piperidine rings is 1. The first-order valence-electron chi connectivity index (χ1n) is 6.57. The van der Waals surface area contributed by atoms with Crippen molar-refractivity contribution in [3.05, 3.63) is 27.7 Å². The van der Waals surface area contributed by atoms with Gasteiger partial charge < -0.3 is 5.73 Å². The van der Waals surface area contributed by atoms with Crippen LogP contribution in [-0.4, -0.2) is 25.3 Å². The van der Waals surface area contributed by atoms with Crippen molar-refractivity contribution < 1.29 is 8.42 Å². The van der Waals surface area contributed by atoms with Crippen molar-refractivity contribution >= 4 is 33.2 Å². The summed E-state index contributed by atoms with van der Waals surface area (Å²) in [7, 11) is -3.60. The van der Waals surface area contributed by atoms with Crippen molar-refractivity contribution in [2.75, 3.05) is 6.54 Å². The summed E-state index contributed by atoms with van der Waals surface area (Å²) in [5.74, 6) is 0. The molecular weight excluding hydrogens is 319 g/mol. The van der Waals surface area contributed by atoms with Crippen LogP contribution in [0.5, 0.6) is 0 Å². The molecule has 7 heteroatoms. The Balaban J connectivity index is 2.48. The Kier molecular flexibility index (Phi) is 4.97. The fourth-order valence-electron chi connectivity index (χ4n) is 2.48. The highest BCUT2D eigenvalue weighted by Gasteiger charge is 2.32. The Bertz CT molecular complexity index is 605. The van der Waals surface area contributed by atoms with Crippen LogP contribution < -0.4 is 5.73 Å². The number of nitrogens with two attached hydrogens (primary N) is 1. The number of rotatable bonds is 3. The van der Waals surface area contributed by atoms with Gasteiger partial charge in [0.25, 0.3) is 0 Å². The summed E-state index contributed by atoms with van der Waals surface area (Å²) in [6.45, 7) is 2.62. The van der Waals surface area contributed by atoms with Crippen LogP contribution in [0.4, 0.5) is 0 Å². The fraction of sp³-hybridized carbons (Fsp3) is 0.538. The van der Waals surface area contributed by atoms with E-state index < -0.39 is 10.0 Å². The van der Waals surface area contributed by atoms with E-state index in [0.29, 0.717) is 17.1 Å². The lowest BCUT2D eigenvalue weighted by Crippen LogP contribution is -2.42. The molecule has 4 nitrogen and oxygen atoms in total. The molecule has 0 saturated carbocycles. The van der Waals surface area contributed by atoms with Gasteiger partial charge >= 0.3 is 0 Å². The van der Waals surface area contributed by atoms with Crippen LogP contribution in [0.2, 0.25) is 10.0 Å². The first kappa shape index (κ1) is 16.0. The van der Waals surface area contributed by atoms with E-state index in [1.807, 2.05) is 6.92 Å². The highest BCUT2D eigenvalue weighted by molar-refractivity contribution is 7.89. The zero-order valence-corrected chi connectivity index (χ0v) is 13.6. The van der Waals surface area contributed by atoms with E-state index in [-0.39, 0.29) is 22.5 Å². The summed E-state index contributed by atoms with van der Waals surface area (Å²) < 4.78 is 27.0. The van der Waals surface area contributed by atoms with Crippen molar-refractivity contribution in [1.82, 2.24) is 4.31 Å². The van der Waals surface area contributed by atoms with E-state index in [0.717, 1.165) is 19.3 Å².